The van der Waals surface area contributed by atoms with E-state index in [1.807, 2.05) is 24.3 Å². The minimum Gasteiger partial charge on any atom is -0.497 e. The number of carboxylic acid groups (broad SMARTS) is 1. The van der Waals surface area contributed by atoms with Gasteiger partial charge in [-0.25, -0.2) is 0 Å². The first kappa shape index (κ1) is 21.9. The normalized spacial score (nSPS) is 15.1. The van der Waals surface area contributed by atoms with E-state index in [0.717, 1.165) is 43.7 Å². The van der Waals surface area contributed by atoms with Gasteiger partial charge in [0.1, 0.15) is 5.75 Å². The Bertz CT molecular complexity index is 1070. The van der Waals surface area contributed by atoms with Crippen molar-refractivity contribution in [3.8, 4) is 5.75 Å². The van der Waals surface area contributed by atoms with Gasteiger partial charge in [-0.2, -0.15) is 0 Å². The molecule has 1 N–H and O–H groups in total. The summed E-state index contributed by atoms with van der Waals surface area (Å²) in [6.45, 7) is 3.83. The fourth-order valence-corrected chi connectivity index (χ4v) is 4.76. The SMILES string of the molecule is CCN(Cc1ccc(CC(=O)O)cc1)c1cc(OC)ccc1[C@@H]1CCc2ccccc2C1. The van der Waals surface area contributed by atoms with Gasteiger partial charge in [-0.05, 0) is 66.0 Å². The minimum atomic E-state index is -0.803. The van der Waals surface area contributed by atoms with E-state index in [9.17, 15) is 4.79 Å². The molecule has 0 saturated heterocycles. The first-order chi connectivity index (χ1) is 15.6. The van der Waals surface area contributed by atoms with Crippen LogP contribution in [0.5, 0.6) is 5.75 Å². The molecule has 0 bridgehead atoms. The summed E-state index contributed by atoms with van der Waals surface area (Å²) in [7, 11) is 1.72. The molecule has 0 saturated carbocycles. The zero-order chi connectivity index (χ0) is 22.5. The van der Waals surface area contributed by atoms with Gasteiger partial charge in [0.05, 0.1) is 13.5 Å². The van der Waals surface area contributed by atoms with Crippen molar-refractivity contribution in [2.24, 2.45) is 0 Å². The molecular weight excluding hydrogens is 398 g/mol. The zero-order valence-corrected chi connectivity index (χ0v) is 18.9. The maximum atomic E-state index is 11.0. The number of fused-ring (bicyclic) bond motifs is 1. The van der Waals surface area contributed by atoms with Crippen molar-refractivity contribution in [3.05, 3.63) is 94.5 Å². The van der Waals surface area contributed by atoms with E-state index in [2.05, 4.69) is 54.3 Å². The van der Waals surface area contributed by atoms with Gasteiger partial charge in [-0.15, -0.1) is 0 Å². The summed E-state index contributed by atoms with van der Waals surface area (Å²) >= 11 is 0. The molecule has 1 atom stereocenters. The average molecular weight is 430 g/mol. The molecule has 0 heterocycles. The van der Waals surface area contributed by atoms with Crippen LogP contribution in [0.4, 0.5) is 5.69 Å². The molecule has 4 nitrogen and oxygen atoms in total. The predicted octanol–water partition coefficient (Wildman–Crippen LogP) is 5.62. The van der Waals surface area contributed by atoms with E-state index < -0.39 is 5.97 Å². The van der Waals surface area contributed by atoms with Crippen molar-refractivity contribution in [1.29, 1.82) is 0 Å². The van der Waals surface area contributed by atoms with Crippen LogP contribution in [0.25, 0.3) is 0 Å². The molecule has 0 spiro atoms. The number of benzene rings is 3. The Balaban J connectivity index is 1.61. The summed E-state index contributed by atoms with van der Waals surface area (Å²) in [5.41, 5.74) is 7.54. The van der Waals surface area contributed by atoms with Gasteiger partial charge in [0.25, 0.3) is 0 Å². The topological polar surface area (TPSA) is 49.8 Å². The monoisotopic (exact) mass is 429 g/mol. The summed E-state index contributed by atoms with van der Waals surface area (Å²) in [5, 5.41) is 9.01. The van der Waals surface area contributed by atoms with E-state index in [1.54, 1.807) is 7.11 Å². The Morgan fingerprint density at radius 2 is 1.75 bits per heavy atom. The summed E-state index contributed by atoms with van der Waals surface area (Å²) in [4.78, 5) is 13.4. The number of methoxy groups -OCH3 is 1. The zero-order valence-electron chi connectivity index (χ0n) is 18.9. The van der Waals surface area contributed by atoms with Gasteiger partial charge in [0, 0.05) is 24.8 Å². The number of carboxylic acids is 1. The highest BCUT2D eigenvalue weighted by molar-refractivity contribution is 5.70. The van der Waals surface area contributed by atoms with Crippen LogP contribution in [-0.4, -0.2) is 24.7 Å². The second-order valence-electron chi connectivity index (χ2n) is 8.53. The smallest absolute Gasteiger partial charge is 0.307 e. The van der Waals surface area contributed by atoms with Crippen LogP contribution in [0.3, 0.4) is 0 Å². The van der Waals surface area contributed by atoms with Crippen LogP contribution < -0.4 is 9.64 Å². The van der Waals surface area contributed by atoms with Crippen molar-refractivity contribution < 1.29 is 14.6 Å². The molecule has 0 aliphatic heterocycles. The van der Waals surface area contributed by atoms with Crippen LogP contribution in [0, 0.1) is 0 Å². The van der Waals surface area contributed by atoms with Gasteiger partial charge < -0.3 is 14.7 Å². The molecule has 1 aliphatic rings. The number of hydrogen-bond acceptors (Lipinski definition) is 3. The molecule has 0 radical (unpaired) electrons. The lowest BCUT2D eigenvalue weighted by Gasteiger charge is -2.32. The standard InChI is InChI=1S/C28H31NO3/c1-3-29(19-21-10-8-20(9-11-21)16-28(30)31)27-18-25(32-2)14-15-26(27)24-13-12-22-6-4-5-7-23(22)17-24/h4-11,14-15,18,24H,3,12-13,16-17,19H2,1-2H3,(H,30,31)/t24-/m1/s1. The highest BCUT2D eigenvalue weighted by Crippen LogP contribution is 2.39. The van der Waals surface area contributed by atoms with E-state index in [-0.39, 0.29) is 6.42 Å². The number of aliphatic carboxylic acids is 1. The highest BCUT2D eigenvalue weighted by Gasteiger charge is 2.24. The maximum Gasteiger partial charge on any atom is 0.307 e. The summed E-state index contributed by atoms with van der Waals surface area (Å²) < 4.78 is 5.57. The molecule has 0 amide bonds. The van der Waals surface area contributed by atoms with Gasteiger partial charge >= 0.3 is 5.97 Å². The van der Waals surface area contributed by atoms with Crippen molar-refractivity contribution >= 4 is 11.7 Å². The van der Waals surface area contributed by atoms with Crippen LogP contribution in [-0.2, 0) is 30.6 Å². The number of rotatable bonds is 8. The third kappa shape index (κ3) is 4.96. The molecule has 4 heteroatoms. The summed E-state index contributed by atoms with van der Waals surface area (Å²) in [6.07, 6.45) is 3.39. The Labute approximate surface area is 190 Å². The van der Waals surface area contributed by atoms with Crippen molar-refractivity contribution in [3.63, 3.8) is 0 Å². The first-order valence-corrected chi connectivity index (χ1v) is 11.4. The lowest BCUT2D eigenvalue weighted by molar-refractivity contribution is -0.136. The molecule has 4 rings (SSSR count). The molecular formula is C28H31NO3. The molecule has 1 aliphatic carbocycles. The molecule has 0 aromatic heterocycles. The number of ether oxygens (including phenoxy) is 1. The number of aryl methyl sites for hydroxylation is 1. The fraction of sp³-hybridized carbons (Fsp3) is 0.321. The Morgan fingerprint density at radius 1 is 1.03 bits per heavy atom. The van der Waals surface area contributed by atoms with Gasteiger partial charge in [-0.1, -0.05) is 54.6 Å². The third-order valence-electron chi connectivity index (χ3n) is 6.50. The van der Waals surface area contributed by atoms with Crippen molar-refractivity contribution in [2.75, 3.05) is 18.6 Å². The molecule has 32 heavy (non-hydrogen) atoms. The first-order valence-electron chi connectivity index (χ1n) is 11.4. The van der Waals surface area contributed by atoms with Gasteiger partial charge in [-0.3, -0.25) is 4.79 Å². The second-order valence-corrected chi connectivity index (χ2v) is 8.53. The van der Waals surface area contributed by atoms with Gasteiger partial charge in [0.2, 0.25) is 0 Å². The lowest BCUT2D eigenvalue weighted by atomic mass is 9.79. The second kappa shape index (κ2) is 9.90. The lowest BCUT2D eigenvalue weighted by Crippen LogP contribution is -2.25. The molecule has 166 valence electrons. The number of nitrogens with zero attached hydrogens (tertiary/aromatic N) is 1. The maximum absolute atomic E-state index is 11.0. The summed E-state index contributed by atoms with van der Waals surface area (Å²) in [5.74, 6) is 0.552. The van der Waals surface area contributed by atoms with E-state index in [1.165, 1.54) is 27.9 Å². The largest absolute Gasteiger partial charge is 0.497 e. The van der Waals surface area contributed by atoms with Crippen molar-refractivity contribution in [1.82, 2.24) is 0 Å². The number of anilines is 1. The molecule has 3 aromatic carbocycles. The van der Waals surface area contributed by atoms with Crippen molar-refractivity contribution in [2.45, 2.75) is 45.1 Å². The quantitative estimate of drug-likeness (QED) is 0.505. The van der Waals surface area contributed by atoms with E-state index in [0.29, 0.717) is 5.92 Å². The highest BCUT2D eigenvalue weighted by atomic mass is 16.5. The third-order valence-corrected chi connectivity index (χ3v) is 6.50. The van der Waals surface area contributed by atoms with E-state index >= 15 is 0 Å². The Hall–Kier alpha value is -3.27. The number of hydrogen-bond donors (Lipinski definition) is 1. The van der Waals surface area contributed by atoms with Crippen LogP contribution in [0.15, 0.2) is 66.7 Å². The molecule has 0 fully saturated rings. The molecule has 3 aromatic rings. The number of carbonyl (C=O) groups is 1. The molecule has 0 unspecified atom stereocenters. The van der Waals surface area contributed by atoms with Crippen LogP contribution in [0.2, 0.25) is 0 Å². The average Bonchev–Trinajstić information content (AvgIpc) is 2.82. The van der Waals surface area contributed by atoms with Crippen LogP contribution in [0.1, 0.15) is 47.1 Å². The Kier molecular flexibility index (Phi) is 6.79. The summed E-state index contributed by atoms with van der Waals surface area (Å²) in [6, 6.07) is 23.2. The van der Waals surface area contributed by atoms with Crippen LogP contribution >= 0.6 is 0 Å². The predicted molar refractivity (Wildman–Crippen MR) is 129 cm³/mol. The fourth-order valence-electron chi connectivity index (χ4n) is 4.76. The minimum absolute atomic E-state index is 0.0565. The van der Waals surface area contributed by atoms with Gasteiger partial charge in [0.15, 0.2) is 0 Å². The Morgan fingerprint density at radius 3 is 2.44 bits per heavy atom. The van der Waals surface area contributed by atoms with E-state index in [4.69, 9.17) is 9.84 Å².